The summed E-state index contributed by atoms with van der Waals surface area (Å²) in [6.07, 6.45) is 2.82. The quantitative estimate of drug-likeness (QED) is 0.793. The summed E-state index contributed by atoms with van der Waals surface area (Å²) in [5.74, 6) is 0.969. The lowest BCUT2D eigenvalue weighted by Gasteiger charge is -2.23. The topological polar surface area (TPSA) is 32.6 Å². The van der Waals surface area contributed by atoms with Crippen molar-refractivity contribution in [2.24, 2.45) is 10.9 Å². The van der Waals surface area contributed by atoms with Gasteiger partial charge in [0.25, 0.3) is 0 Å². The van der Waals surface area contributed by atoms with Gasteiger partial charge in [-0.2, -0.15) is 0 Å². The Morgan fingerprint density at radius 3 is 2.20 bits per heavy atom. The number of aromatic hydroxyl groups is 1. The van der Waals surface area contributed by atoms with E-state index in [0.717, 1.165) is 17.5 Å². The molecule has 0 spiro atoms. The van der Waals surface area contributed by atoms with E-state index in [0.29, 0.717) is 11.7 Å². The second-order valence-corrected chi connectivity index (χ2v) is 7.30. The minimum atomic E-state index is -0.0719. The molecule has 0 amide bonds. The first-order valence-corrected chi connectivity index (χ1v) is 7.50. The summed E-state index contributed by atoms with van der Waals surface area (Å²) in [5, 5.41) is 10.5. The Kier molecular flexibility index (Phi) is 5.38. The molecule has 0 fully saturated rings. The lowest BCUT2D eigenvalue weighted by atomic mass is 9.83. The zero-order valence-electron chi connectivity index (χ0n) is 14.0. The van der Waals surface area contributed by atoms with Gasteiger partial charge in [-0.3, -0.25) is 4.99 Å². The fourth-order valence-electron chi connectivity index (χ4n) is 2.21. The molecule has 0 heterocycles. The molecule has 0 aliphatic heterocycles. The zero-order chi connectivity index (χ0) is 15.5. The number of nitrogens with zero attached hydrogens (tertiary/aromatic N) is 1. The van der Waals surface area contributed by atoms with Crippen LogP contribution in [-0.4, -0.2) is 17.4 Å². The van der Waals surface area contributed by atoms with Crippen LogP contribution in [0.2, 0.25) is 0 Å². The molecule has 1 aromatic rings. The minimum Gasteiger partial charge on any atom is -0.507 e. The summed E-state index contributed by atoms with van der Waals surface area (Å²) < 4.78 is 0. The van der Waals surface area contributed by atoms with Crippen molar-refractivity contribution in [3.05, 3.63) is 28.8 Å². The molecule has 0 bridgehead atoms. The van der Waals surface area contributed by atoms with E-state index in [1.54, 1.807) is 6.21 Å². The third kappa shape index (κ3) is 4.66. The summed E-state index contributed by atoms with van der Waals surface area (Å²) >= 11 is 0. The van der Waals surface area contributed by atoms with Gasteiger partial charge in [-0.1, -0.05) is 40.7 Å². The molecule has 20 heavy (non-hydrogen) atoms. The molecule has 1 rings (SSSR count). The predicted octanol–water partition coefficient (Wildman–Crippen LogP) is 4.72. The number of benzene rings is 1. The second kappa shape index (κ2) is 6.43. The maximum Gasteiger partial charge on any atom is 0.128 e. The van der Waals surface area contributed by atoms with Crippen molar-refractivity contribution in [2.45, 2.75) is 66.3 Å². The number of rotatable bonds is 4. The van der Waals surface area contributed by atoms with Crippen LogP contribution in [0.25, 0.3) is 0 Å². The van der Waals surface area contributed by atoms with E-state index in [-0.39, 0.29) is 11.5 Å². The average Bonchev–Trinajstić information content (AvgIpc) is 2.27. The van der Waals surface area contributed by atoms with Gasteiger partial charge in [0.1, 0.15) is 5.75 Å². The fraction of sp³-hybridized carbons (Fsp3) is 0.611. The Bertz CT molecular complexity index is 479. The van der Waals surface area contributed by atoms with E-state index in [9.17, 15) is 5.11 Å². The van der Waals surface area contributed by atoms with Gasteiger partial charge in [0.15, 0.2) is 0 Å². The molecule has 0 unspecified atom stereocenters. The number of hydrogen-bond acceptors (Lipinski definition) is 2. The highest BCUT2D eigenvalue weighted by atomic mass is 16.3. The predicted molar refractivity (Wildman–Crippen MR) is 88.1 cm³/mol. The first-order chi connectivity index (χ1) is 9.11. The molecule has 2 heteroatoms. The average molecular weight is 275 g/mol. The Labute approximate surface area is 124 Å². The summed E-state index contributed by atoms with van der Waals surface area (Å²) in [4.78, 5) is 4.41. The molecular weight excluding hydrogens is 246 g/mol. The molecule has 0 atom stereocenters. The van der Waals surface area contributed by atoms with E-state index < -0.39 is 0 Å². The highest BCUT2D eigenvalue weighted by Crippen LogP contribution is 2.34. The molecule has 1 aromatic carbocycles. The third-order valence-electron chi connectivity index (χ3n) is 3.16. The fourth-order valence-corrected chi connectivity index (χ4v) is 2.21. The van der Waals surface area contributed by atoms with E-state index in [2.05, 4.69) is 51.7 Å². The van der Waals surface area contributed by atoms with Crippen LogP contribution in [0.4, 0.5) is 0 Å². The van der Waals surface area contributed by atoms with Gasteiger partial charge in [-0.05, 0) is 43.2 Å². The monoisotopic (exact) mass is 275 g/mol. The Balaban J connectivity index is 3.34. The maximum absolute atomic E-state index is 10.5. The van der Waals surface area contributed by atoms with Crippen molar-refractivity contribution < 1.29 is 5.11 Å². The molecule has 1 N–H and O–H groups in total. The van der Waals surface area contributed by atoms with Crippen LogP contribution < -0.4 is 0 Å². The van der Waals surface area contributed by atoms with Gasteiger partial charge in [0.2, 0.25) is 0 Å². The molecular formula is C18H29NO. The van der Waals surface area contributed by atoms with Gasteiger partial charge in [-0.15, -0.1) is 0 Å². The van der Waals surface area contributed by atoms with Gasteiger partial charge < -0.3 is 5.11 Å². The van der Waals surface area contributed by atoms with Crippen LogP contribution in [0.3, 0.4) is 0 Å². The maximum atomic E-state index is 10.5. The number of phenols is 1. The summed E-state index contributed by atoms with van der Waals surface area (Å²) in [6.45, 7) is 14.9. The third-order valence-corrected chi connectivity index (χ3v) is 3.16. The van der Waals surface area contributed by atoms with Crippen LogP contribution in [0, 0.1) is 5.92 Å². The first kappa shape index (κ1) is 16.7. The summed E-state index contributed by atoms with van der Waals surface area (Å²) in [5.41, 5.74) is 3.04. The van der Waals surface area contributed by atoms with E-state index in [1.807, 2.05) is 13.8 Å². The van der Waals surface area contributed by atoms with Crippen molar-refractivity contribution in [2.75, 3.05) is 0 Å². The Hall–Kier alpha value is -1.31. The van der Waals surface area contributed by atoms with Crippen molar-refractivity contribution in [1.29, 1.82) is 0 Å². The van der Waals surface area contributed by atoms with Crippen LogP contribution in [-0.2, 0) is 11.8 Å². The van der Waals surface area contributed by atoms with Crippen molar-refractivity contribution in [3.8, 4) is 5.75 Å². The zero-order valence-corrected chi connectivity index (χ0v) is 14.0. The molecule has 2 nitrogen and oxygen atoms in total. The standard InChI is InChI=1S/C18H29NO/c1-12(2)8-14-9-15(11-19-13(3)4)17(20)16(10-14)18(5,6)7/h9-13,20H,8H2,1-7H3. The summed E-state index contributed by atoms with van der Waals surface area (Å²) in [6, 6.07) is 4.44. The van der Waals surface area contributed by atoms with Gasteiger partial charge in [0, 0.05) is 23.4 Å². The highest BCUT2D eigenvalue weighted by Gasteiger charge is 2.21. The van der Waals surface area contributed by atoms with Gasteiger partial charge >= 0.3 is 0 Å². The summed E-state index contributed by atoms with van der Waals surface area (Å²) in [7, 11) is 0. The smallest absolute Gasteiger partial charge is 0.128 e. The largest absolute Gasteiger partial charge is 0.507 e. The van der Waals surface area contributed by atoms with Crippen LogP contribution in [0.1, 0.15) is 65.2 Å². The molecule has 0 aliphatic rings. The lowest BCUT2D eigenvalue weighted by molar-refractivity contribution is 0.445. The van der Waals surface area contributed by atoms with Crippen LogP contribution in [0.15, 0.2) is 17.1 Å². The van der Waals surface area contributed by atoms with Crippen molar-refractivity contribution >= 4 is 6.21 Å². The normalized spacial score (nSPS) is 12.8. The van der Waals surface area contributed by atoms with Crippen molar-refractivity contribution in [3.63, 3.8) is 0 Å². The van der Waals surface area contributed by atoms with Crippen LogP contribution in [0.5, 0.6) is 5.75 Å². The molecule has 0 saturated carbocycles. The van der Waals surface area contributed by atoms with E-state index in [4.69, 9.17) is 0 Å². The van der Waals surface area contributed by atoms with E-state index in [1.165, 1.54) is 5.56 Å². The molecule has 0 saturated heterocycles. The SMILES string of the molecule is CC(C)Cc1cc(C=NC(C)C)c(O)c(C(C)(C)C)c1. The van der Waals surface area contributed by atoms with Gasteiger partial charge in [0.05, 0.1) is 0 Å². The first-order valence-electron chi connectivity index (χ1n) is 7.50. The highest BCUT2D eigenvalue weighted by molar-refractivity contribution is 5.85. The lowest BCUT2D eigenvalue weighted by Crippen LogP contribution is -2.13. The number of phenolic OH excluding ortho intramolecular Hbond substituents is 1. The number of hydrogen-bond donors (Lipinski definition) is 1. The Morgan fingerprint density at radius 1 is 1.15 bits per heavy atom. The molecule has 0 aliphatic carbocycles. The van der Waals surface area contributed by atoms with Crippen LogP contribution >= 0.6 is 0 Å². The molecule has 112 valence electrons. The number of aliphatic imine (C=N–C) groups is 1. The van der Waals surface area contributed by atoms with Crippen molar-refractivity contribution in [1.82, 2.24) is 0 Å². The Morgan fingerprint density at radius 2 is 1.75 bits per heavy atom. The van der Waals surface area contributed by atoms with E-state index >= 15 is 0 Å². The second-order valence-electron chi connectivity index (χ2n) is 7.30. The van der Waals surface area contributed by atoms with Gasteiger partial charge in [-0.25, -0.2) is 0 Å². The molecule has 0 radical (unpaired) electrons. The minimum absolute atomic E-state index is 0.0719. The molecule has 0 aromatic heterocycles.